The summed E-state index contributed by atoms with van der Waals surface area (Å²) in [6.07, 6.45) is 1.99. The molecular formula is C13H18F2N2OS. The molecule has 1 amide bonds. The molecular weight excluding hydrogens is 270 g/mol. The standard InChI is InChI=1S/C13H18F2N2OS/c1-8(7-19-3)6-17-13(18)9-4-10(14)12(16-2)11(15)5-9/h4-5,8,16H,6-7H2,1-3H3,(H,17,18). The van der Waals surface area contributed by atoms with E-state index >= 15 is 0 Å². The van der Waals surface area contributed by atoms with Crippen molar-refractivity contribution < 1.29 is 13.6 Å². The highest BCUT2D eigenvalue weighted by atomic mass is 32.2. The number of hydrogen-bond donors (Lipinski definition) is 2. The van der Waals surface area contributed by atoms with Gasteiger partial charge in [0.2, 0.25) is 0 Å². The first-order valence-corrected chi connectivity index (χ1v) is 7.32. The first-order chi connectivity index (χ1) is 8.99. The second-order valence-corrected chi connectivity index (χ2v) is 5.25. The summed E-state index contributed by atoms with van der Waals surface area (Å²) in [6, 6.07) is 2.06. The van der Waals surface area contributed by atoms with Crippen molar-refractivity contribution in [1.29, 1.82) is 0 Å². The van der Waals surface area contributed by atoms with Gasteiger partial charge in [0, 0.05) is 19.2 Å². The Morgan fingerprint density at radius 3 is 2.42 bits per heavy atom. The number of benzene rings is 1. The third-order valence-electron chi connectivity index (χ3n) is 2.62. The highest BCUT2D eigenvalue weighted by Gasteiger charge is 2.14. The molecule has 0 radical (unpaired) electrons. The summed E-state index contributed by atoms with van der Waals surface area (Å²) in [5.74, 6) is -0.782. The third kappa shape index (κ3) is 4.38. The quantitative estimate of drug-likeness (QED) is 0.845. The van der Waals surface area contributed by atoms with Crippen molar-refractivity contribution in [2.75, 3.05) is 30.9 Å². The number of nitrogens with one attached hydrogen (secondary N) is 2. The predicted molar refractivity (Wildman–Crippen MR) is 75.8 cm³/mol. The minimum Gasteiger partial charge on any atom is -0.383 e. The van der Waals surface area contributed by atoms with E-state index in [1.807, 2.05) is 13.2 Å². The van der Waals surface area contributed by atoms with Crippen LogP contribution in [0.5, 0.6) is 0 Å². The van der Waals surface area contributed by atoms with Crippen LogP contribution in [0.25, 0.3) is 0 Å². The number of carbonyl (C=O) groups excluding carboxylic acids is 1. The molecule has 106 valence electrons. The van der Waals surface area contributed by atoms with E-state index in [2.05, 4.69) is 10.6 Å². The van der Waals surface area contributed by atoms with Crippen LogP contribution < -0.4 is 10.6 Å². The second kappa shape index (κ2) is 7.33. The van der Waals surface area contributed by atoms with Gasteiger partial charge in [0.05, 0.1) is 0 Å². The van der Waals surface area contributed by atoms with Crippen LogP contribution in [0.1, 0.15) is 17.3 Å². The van der Waals surface area contributed by atoms with Crippen LogP contribution in [0.4, 0.5) is 14.5 Å². The number of thioether (sulfide) groups is 1. The smallest absolute Gasteiger partial charge is 0.251 e. The van der Waals surface area contributed by atoms with Crippen molar-refractivity contribution in [3.8, 4) is 0 Å². The maximum absolute atomic E-state index is 13.5. The van der Waals surface area contributed by atoms with Crippen LogP contribution in [0.3, 0.4) is 0 Å². The Labute approximate surface area is 116 Å². The first kappa shape index (κ1) is 15.8. The molecule has 0 bridgehead atoms. The SMILES string of the molecule is CNc1c(F)cc(C(=O)NCC(C)CSC)cc1F. The monoisotopic (exact) mass is 288 g/mol. The van der Waals surface area contributed by atoms with Crippen molar-refractivity contribution >= 4 is 23.4 Å². The van der Waals surface area contributed by atoms with Crippen LogP contribution in [0.15, 0.2) is 12.1 Å². The molecule has 19 heavy (non-hydrogen) atoms. The number of rotatable bonds is 6. The summed E-state index contributed by atoms with van der Waals surface area (Å²) in [5.41, 5.74) is -0.238. The lowest BCUT2D eigenvalue weighted by molar-refractivity contribution is 0.0948. The largest absolute Gasteiger partial charge is 0.383 e. The molecule has 0 heterocycles. The maximum Gasteiger partial charge on any atom is 0.251 e. The number of halogens is 2. The molecule has 0 saturated heterocycles. The molecule has 3 nitrogen and oxygen atoms in total. The number of anilines is 1. The highest BCUT2D eigenvalue weighted by molar-refractivity contribution is 7.98. The average molecular weight is 288 g/mol. The molecule has 1 rings (SSSR count). The third-order valence-corrected chi connectivity index (χ3v) is 3.52. The normalized spacial score (nSPS) is 12.1. The number of hydrogen-bond acceptors (Lipinski definition) is 3. The van der Waals surface area contributed by atoms with Crippen molar-refractivity contribution in [3.63, 3.8) is 0 Å². The van der Waals surface area contributed by atoms with Gasteiger partial charge in [-0.1, -0.05) is 6.92 Å². The molecule has 0 fully saturated rings. The van der Waals surface area contributed by atoms with E-state index in [1.54, 1.807) is 11.8 Å². The maximum atomic E-state index is 13.5. The fraction of sp³-hybridized carbons (Fsp3) is 0.462. The Balaban J connectivity index is 2.73. The van der Waals surface area contributed by atoms with E-state index in [9.17, 15) is 13.6 Å². The van der Waals surface area contributed by atoms with Crippen LogP contribution >= 0.6 is 11.8 Å². The van der Waals surface area contributed by atoms with Gasteiger partial charge in [-0.2, -0.15) is 11.8 Å². The fourth-order valence-corrected chi connectivity index (χ4v) is 2.34. The molecule has 0 aliphatic heterocycles. The minimum atomic E-state index is -0.773. The molecule has 0 aromatic heterocycles. The van der Waals surface area contributed by atoms with Gasteiger partial charge < -0.3 is 10.6 Å². The molecule has 6 heteroatoms. The molecule has 0 spiro atoms. The Morgan fingerprint density at radius 2 is 1.95 bits per heavy atom. The fourth-order valence-electron chi connectivity index (χ4n) is 1.66. The molecule has 0 aliphatic rings. The zero-order valence-corrected chi connectivity index (χ0v) is 12.0. The minimum absolute atomic E-state index is 0.00893. The molecule has 0 saturated carbocycles. The molecule has 2 N–H and O–H groups in total. The Kier molecular flexibility index (Phi) is 6.08. The lowest BCUT2D eigenvalue weighted by atomic mass is 10.1. The van der Waals surface area contributed by atoms with Crippen molar-refractivity contribution in [3.05, 3.63) is 29.3 Å². The molecule has 1 aromatic carbocycles. The van der Waals surface area contributed by atoms with Gasteiger partial charge in [0.15, 0.2) is 0 Å². The van der Waals surface area contributed by atoms with E-state index in [-0.39, 0.29) is 11.3 Å². The first-order valence-electron chi connectivity index (χ1n) is 5.93. The zero-order chi connectivity index (χ0) is 14.4. The van der Waals surface area contributed by atoms with Crippen molar-refractivity contribution in [2.45, 2.75) is 6.92 Å². The van der Waals surface area contributed by atoms with Crippen LogP contribution in [0.2, 0.25) is 0 Å². The lowest BCUT2D eigenvalue weighted by Gasteiger charge is -2.12. The van der Waals surface area contributed by atoms with Gasteiger partial charge in [0.1, 0.15) is 17.3 Å². The molecule has 1 unspecified atom stereocenters. The van der Waals surface area contributed by atoms with Crippen LogP contribution in [-0.4, -0.2) is 31.5 Å². The molecule has 1 aromatic rings. The van der Waals surface area contributed by atoms with Gasteiger partial charge in [-0.15, -0.1) is 0 Å². The van der Waals surface area contributed by atoms with E-state index in [0.29, 0.717) is 12.5 Å². The van der Waals surface area contributed by atoms with Gasteiger partial charge in [-0.05, 0) is 30.1 Å². The summed E-state index contributed by atoms with van der Waals surface area (Å²) in [4.78, 5) is 11.8. The second-order valence-electron chi connectivity index (χ2n) is 4.34. The summed E-state index contributed by atoms with van der Waals surface area (Å²) in [7, 11) is 1.42. The summed E-state index contributed by atoms with van der Waals surface area (Å²) >= 11 is 1.69. The van der Waals surface area contributed by atoms with Gasteiger partial charge in [-0.3, -0.25) is 4.79 Å². The topological polar surface area (TPSA) is 41.1 Å². The Hall–Kier alpha value is -1.30. The summed E-state index contributed by atoms with van der Waals surface area (Å²) in [6.45, 7) is 2.48. The Morgan fingerprint density at radius 1 is 1.37 bits per heavy atom. The molecule has 0 aliphatic carbocycles. The van der Waals surface area contributed by atoms with E-state index < -0.39 is 17.5 Å². The molecule has 1 atom stereocenters. The van der Waals surface area contributed by atoms with Crippen LogP contribution in [-0.2, 0) is 0 Å². The van der Waals surface area contributed by atoms with Gasteiger partial charge in [-0.25, -0.2) is 8.78 Å². The summed E-state index contributed by atoms with van der Waals surface area (Å²) in [5, 5.41) is 5.08. The number of amides is 1. The van der Waals surface area contributed by atoms with E-state index in [0.717, 1.165) is 17.9 Å². The van der Waals surface area contributed by atoms with E-state index in [1.165, 1.54) is 7.05 Å². The summed E-state index contributed by atoms with van der Waals surface area (Å²) < 4.78 is 27.0. The van der Waals surface area contributed by atoms with E-state index in [4.69, 9.17) is 0 Å². The van der Waals surface area contributed by atoms with Gasteiger partial charge in [0.25, 0.3) is 5.91 Å². The zero-order valence-electron chi connectivity index (χ0n) is 11.2. The predicted octanol–water partition coefficient (Wildman–Crippen LogP) is 2.74. The Bertz CT molecular complexity index is 431. The van der Waals surface area contributed by atoms with Crippen molar-refractivity contribution in [1.82, 2.24) is 5.32 Å². The average Bonchev–Trinajstić information content (AvgIpc) is 2.36. The lowest BCUT2D eigenvalue weighted by Crippen LogP contribution is -2.29. The number of carbonyl (C=O) groups is 1. The van der Waals surface area contributed by atoms with Crippen molar-refractivity contribution in [2.24, 2.45) is 5.92 Å². The van der Waals surface area contributed by atoms with Crippen LogP contribution in [0, 0.1) is 17.6 Å². The van der Waals surface area contributed by atoms with Gasteiger partial charge >= 0.3 is 0 Å². The highest BCUT2D eigenvalue weighted by Crippen LogP contribution is 2.20.